The van der Waals surface area contributed by atoms with E-state index in [0.717, 1.165) is 18.0 Å². The van der Waals surface area contributed by atoms with Crippen LogP contribution in [0.2, 0.25) is 5.02 Å². The Morgan fingerprint density at radius 1 is 1.37 bits per heavy atom. The van der Waals surface area contributed by atoms with E-state index in [4.69, 9.17) is 11.6 Å². The van der Waals surface area contributed by atoms with Gasteiger partial charge >= 0.3 is 6.18 Å². The van der Waals surface area contributed by atoms with Crippen LogP contribution in [0, 0.1) is 0 Å². The predicted octanol–water partition coefficient (Wildman–Crippen LogP) is 2.61. The molecule has 0 saturated carbocycles. The molecule has 2 rings (SSSR count). The molecule has 27 heavy (non-hydrogen) atoms. The van der Waals surface area contributed by atoms with Gasteiger partial charge in [0.2, 0.25) is 5.95 Å². The maximum atomic E-state index is 12.6. The predicted molar refractivity (Wildman–Crippen MR) is 98.8 cm³/mol. The van der Waals surface area contributed by atoms with Gasteiger partial charge in [-0.3, -0.25) is 4.99 Å². The van der Waals surface area contributed by atoms with Crippen molar-refractivity contribution in [2.75, 3.05) is 32.5 Å². The zero-order valence-electron chi connectivity index (χ0n) is 15.2. The minimum Gasteiger partial charge on any atom is -0.354 e. The minimum atomic E-state index is -4.50. The van der Waals surface area contributed by atoms with Crippen molar-refractivity contribution in [1.82, 2.24) is 24.8 Å². The highest BCUT2D eigenvalue weighted by molar-refractivity contribution is 6.30. The fraction of sp³-hybridized carbons (Fsp3) is 0.438. The molecule has 0 aliphatic carbocycles. The minimum absolute atomic E-state index is 0.0755. The Morgan fingerprint density at radius 2 is 2.11 bits per heavy atom. The lowest BCUT2D eigenvalue weighted by atomic mass is 10.4. The summed E-state index contributed by atoms with van der Waals surface area (Å²) in [6, 6.07) is 2.70. The van der Waals surface area contributed by atoms with Gasteiger partial charge in [0.1, 0.15) is 5.69 Å². The fourth-order valence-corrected chi connectivity index (χ4v) is 2.65. The molecule has 0 spiro atoms. The molecule has 2 aromatic heterocycles. The lowest BCUT2D eigenvalue weighted by molar-refractivity contribution is -0.141. The van der Waals surface area contributed by atoms with Gasteiger partial charge in [-0.1, -0.05) is 11.6 Å². The molecule has 0 amide bonds. The van der Waals surface area contributed by atoms with Gasteiger partial charge in [0.05, 0.1) is 11.6 Å². The summed E-state index contributed by atoms with van der Waals surface area (Å²) in [7, 11) is 5.43. The molecule has 11 heteroatoms. The molecule has 2 heterocycles. The Labute approximate surface area is 160 Å². The smallest absolute Gasteiger partial charge is 0.354 e. The number of nitrogens with one attached hydrogen (secondary N) is 2. The van der Waals surface area contributed by atoms with E-state index in [1.165, 1.54) is 0 Å². The van der Waals surface area contributed by atoms with Crippen molar-refractivity contribution in [3.63, 3.8) is 0 Å². The monoisotopic (exact) mass is 403 g/mol. The number of guanidine groups is 1. The van der Waals surface area contributed by atoms with Crippen LogP contribution in [0.1, 0.15) is 11.4 Å². The molecule has 0 atom stereocenters. The first-order chi connectivity index (χ1) is 12.7. The van der Waals surface area contributed by atoms with Crippen molar-refractivity contribution in [3.8, 4) is 0 Å². The Hall–Kier alpha value is -2.49. The zero-order valence-corrected chi connectivity index (χ0v) is 15.9. The molecule has 148 valence electrons. The summed E-state index contributed by atoms with van der Waals surface area (Å²) in [5, 5.41) is 6.54. The summed E-state index contributed by atoms with van der Waals surface area (Å²) in [4.78, 5) is 13.3. The van der Waals surface area contributed by atoms with Gasteiger partial charge in [0, 0.05) is 52.3 Å². The van der Waals surface area contributed by atoms with E-state index in [-0.39, 0.29) is 5.95 Å². The summed E-state index contributed by atoms with van der Waals surface area (Å²) in [6.07, 6.45) is -1.61. The van der Waals surface area contributed by atoms with Crippen molar-refractivity contribution < 1.29 is 13.2 Å². The molecule has 2 N–H and O–H groups in total. The van der Waals surface area contributed by atoms with E-state index < -0.39 is 11.9 Å². The molecule has 0 unspecified atom stereocenters. The van der Waals surface area contributed by atoms with E-state index in [1.807, 2.05) is 35.8 Å². The Morgan fingerprint density at radius 3 is 2.70 bits per heavy atom. The maximum absolute atomic E-state index is 12.6. The van der Waals surface area contributed by atoms with Crippen molar-refractivity contribution in [1.29, 1.82) is 0 Å². The Kier molecular flexibility index (Phi) is 6.89. The van der Waals surface area contributed by atoms with Crippen molar-refractivity contribution >= 4 is 23.5 Å². The van der Waals surface area contributed by atoms with Gasteiger partial charge < -0.3 is 20.1 Å². The molecule has 0 fully saturated rings. The van der Waals surface area contributed by atoms with Crippen molar-refractivity contribution in [2.24, 2.45) is 12.0 Å². The zero-order chi connectivity index (χ0) is 20.0. The number of aryl methyl sites for hydroxylation is 1. The maximum Gasteiger partial charge on any atom is 0.433 e. The van der Waals surface area contributed by atoms with Crippen LogP contribution in [0.4, 0.5) is 19.1 Å². The quantitative estimate of drug-likeness (QED) is 0.441. The van der Waals surface area contributed by atoms with Crippen LogP contribution in [-0.2, 0) is 19.8 Å². The molecule has 0 aliphatic heterocycles. The summed E-state index contributed by atoms with van der Waals surface area (Å²) >= 11 is 5.99. The molecule has 0 bridgehead atoms. The molecule has 0 aromatic carbocycles. The van der Waals surface area contributed by atoms with E-state index in [9.17, 15) is 13.2 Å². The van der Waals surface area contributed by atoms with Gasteiger partial charge in [-0.15, -0.1) is 0 Å². The van der Waals surface area contributed by atoms with Crippen LogP contribution in [0.5, 0.6) is 0 Å². The molecule has 7 nitrogen and oxygen atoms in total. The van der Waals surface area contributed by atoms with Crippen molar-refractivity contribution in [2.45, 2.75) is 12.7 Å². The average Bonchev–Trinajstić information content (AvgIpc) is 2.91. The molecule has 0 aliphatic rings. The highest BCUT2D eigenvalue weighted by Crippen LogP contribution is 2.27. The third kappa shape index (κ3) is 6.02. The largest absolute Gasteiger partial charge is 0.433 e. The Balaban J connectivity index is 1.83. The summed E-state index contributed by atoms with van der Waals surface area (Å²) in [6.45, 7) is 1.34. The number of alkyl halides is 3. The first-order valence-electron chi connectivity index (χ1n) is 8.07. The number of aliphatic imine (C=N–C) groups is 1. The number of hydrogen-bond acceptors (Lipinski definition) is 4. The number of hydrogen-bond donors (Lipinski definition) is 2. The number of aromatic nitrogens is 3. The number of nitrogens with zero attached hydrogens (tertiary/aromatic N) is 5. The molecule has 0 radical (unpaired) electrons. The summed E-state index contributed by atoms with van der Waals surface area (Å²) in [5.41, 5.74) is 0.0330. The first kappa shape index (κ1) is 20.8. The van der Waals surface area contributed by atoms with Gasteiger partial charge in [-0.25, -0.2) is 9.97 Å². The highest BCUT2D eigenvalue weighted by atomic mass is 35.5. The van der Waals surface area contributed by atoms with E-state index in [0.29, 0.717) is 30.6 Å². The van der Waals surface area contributed by atoms with Crippen LogP contribution < -0.4 is 10.6 Å². The topological polar surface area (TPSA) is 70.4 Å². The summed E-state index contributed by atoms with van der Waals surface area (Å²) in [5.74, 6) is 0.563. The third-order valence-electron chi connectivity index (χ3n) is 3.68. The molecule has 0 saturated heterocycles. The summed E-state index contributed by atoms with van der Waals surface area (Å²) < 4.78 is 39.9. The second-order valence-electron chi connectivity index (χ2n) is 5.78. The number of halogens is 4. The van der Waals surface area contributed by atoms with Crippen molar-refractivity contribution in [3.05, 3.63) is 40.9 Å². The van der Waals surface area contributed by atoms with Crippen LogP contribution in [-0.4, -0.2) is 52.6 Å². The Bertz CT molecular complexity index is 789. The average molecular weight is 404 g/mol. The second kappa shape index (κ2) is 8.94. The number of rotatable bonds is 6. The van der Waals surface area contributed by atoms with Crippen LogP contribution in [0.3, 0.4) is 0 Å². The SMILES string of the molecule is CN=C(NCCNc1nccc(C(F)(F)F)n1)N(C)Cc1cc(Cl)cn1C. The lowest BCUT2D eigenvalue weighted by Crippen LogP contribution is -2.40. The van der Waals surface area contributed by atoms with E-state index in [1.54, 1.807) is 7.05 Å². The van der Waals surface area contributed by atoms with Crippen LogP contribution >= 0.6 is 11.6 Å². The lowest BCUT2D eigenvalue weighted by Gasteiger charge is -2.22. The molecular weight excluding hydrogens is 383 g/mol. The van der Waals surface area contributed by atoms with Gasteiger partial charge in [0.25, 0.3) is 0 Å². The normalized spacial score (nSPS) is 12.2. The highest BCUT2D eigenvalue weighted by Gasteiger charge is 2.32. The standard InChI is InChI=1S/C16H21ClF3N7/c1-21-15(27(3)10-12-8-11(17)9-26(12)2)24-7-6-23-14-22-5-4-13(25-14)16(18,19)20/h4-5,8-9H,6-7,10H2,1-3H3,(H,21,24)(H,22,23,25). The number of anilines is 1. The van der Waals surface area contributed by atoms with Gasteiger partial charge in [-0.2, -0.15) is 13.2 Å². The van der Waals surface area contributed by atoms with Crippen LogP contribution in [0.25, 0.3) is 0 Å². The van der Waals surface area contributed by atoms with Gasteiger partial charge in [0.15, 0.2) is 5.96 Å². The molecule has 2 aromatic rings. The first-order valence-corrected chi connectivity index (χ1v) is 8.45. The second-order valence-corrected chi connectivity index (χ2v) is 6.22. The molecular formula is C16H21ClF3N7. The van der Waals surface area contributed by atoms with E-state index in [2.05, 4.69) is 25.6 Å². The van der Waals surface area contributed by atoms with Crippen LogP contribution in [0.15, 0.2) is 29.5 Å². The fourth-order valence-electron chi connectivity index (χ4n) is 2.38. The van der Waals surface area contributed by atoms with E-state index >= 15 is 0 Å². The van der Waals surface area contributed by atoms with Gasteiger partial charge in [-0.05, 0) is 12.1 Å². The third-order valence-corrected chi connectivity index (χ3v) is 3.89.